The molecule has 3 unspecified atom stereocenters. The topological polar surface area (TPSA) is 118 Å². The molecule has 0 amide bonds. The Morgan fingerprint density at radius 1 is 1.09 bits per heavy atom. The number of Topliss-reactive ketones (excluding diaryl/α,β-unsaturated/α-hetero) is 2. The van der Waals surface area contributed by atoms with Crippen molar-refractivity contribution in [2.75, 3.05) is 0 Å². The minimum Gasteiger partial charge on any atom is -0.386 e. The van der Waals surface area contributed by atoms with Gasteiger partial charge < -0.3 is 14.9 Å². The second-order valence-corrected chi connectivity index (χ2v) is 9.38. The number of ketones is 2. The Balaban J connectivity index is 2.05. The number of rotatable bonds is 10. The van der Waals surface area contributed by atoms with Gasteiger partial charge in [0.2, 0.25) is 0 Å². The van der Waals surface area contributed by atoms with Crippen LogP contribution in [0.3, 0.4) is 0 Å². The van der Waals surface area contributed by atoms with Crippen LogP contribution < -0.4 is 0 Å². The molecule has 6 atom stereocenters. The maximum absolute atomic E-state index is 13.5. The van der Waals surface area contributed by atoms with E-state index in [1.54, 1.807) is 13.0 Å². The third-order valence-corrected chi connectivity index (χ3v) is 7.13. The smallest absolute Gasteiger partial charge is 0.343 e. The van der Waals surface area contributed by atoms with Gasteiger partial charge in [-0.15, -0.1) is 0 Å². The number of aliphatic hydroxyl groups is 2. The van der Waals surface area contributed by atoms with Gasteiger partial charge in [-0.3, -0.25) is 9.59 Å². The number of fused-ring (bicyclic) bond motifs is 3. The summed E-state index contributed by atoms with van der Waals surface area (Å²) in [6.45, 7) is 5.72. The lowest BCUT2D eigenvalue weighted by Gasteiger charge is -2.38. The van der Waals surface area contributed by atoms with E-state index in [0.717, 1.165) is 25.7 Å². The molecule has 0 saturated heterocycles. The fourth-order valence-electron chi connectivity index (χ4n) is 5.41. The molecule has 0 spiro atoms. The summed E-state index contributed by atoms with van der Waals surface area (Å²) in [7, 11) is 0. The lowest BCUT2D eigenvalue weighted by atomic mass is 9.64. The number of hydrogen-bond donors (Lipinski definition) is 2. The van der Waals surface area contributed by atoms with E-state index in [0.29, 0.717) is 18.4 Å². The normalized spacial score (nSPS) is 29.3. The Hall–Kier alpha value is -2.12. The molecular weight excluding hydrogens is 412 g/mol. The standard InChI is InChI=1S/C25H34O7/c1-4-6-7-8-10-14-16(22(28)23(29)18(26)9-5-2)12-15-13(3)11-17-20(19(14)21(15)27)25(31)32-24(17)30/h12-14,16,18-19,22,26,28H,4-11H2,1-3H3/t13-,14?,16?,18+,19?,22+/m0/s1. The number of carbonyl (C=O) groups excluding carboxylic acids is 4. The van der Waals surface area contributed by atoms with Crippen LogP contribution in [0.1, 0.15) is 72.1 Å². The predicted octanol–water partition coefficient (Wildman–Crippen LogP) is 2.83. The first kappa shape index (κ1) is 24.5. The molecule has 176 valence electrons. The van der Waals surface area contributed by atoms with E-state index in [1.807, 2.05) is 6.92 Å². The van der Waals surface area contributed by atoms with Crippen LogP contribution >= 0.6 is 0 Å². The minimum atomic E-state index is -1.49. The Morgan fingerprint density at radius 2 is 1.81 bits per heavy atom. The number of unbranched alkanes of at least 4 members (excludes halogenated alkanes) is 3. The van der Waals surface area contributed by atoms with Gasteiger partial charge in [0.1, 0.15) is 12.2 Å². The number of allylic oxidation sites excluding steroid dienone is 1. The average molecular weight is 447 g/mol. The largest absolute Gasteiger partial charge is 0.386 e. The molecule has 2 aliphatic carbocycles. The second-order valence-electron chi connectivity index (χ2n) is 9.38. The van der Waals surface area contributed by atoms with E-state index in [4.69, 9.17) is 4.74 Å². The first-order chi connectivity index (χ1) is 15.2. The van der Waals surface area contributed by atoms with Crippen LogP contribution in [-0.2, 0) is 23.9 Å². The lowest BCUT2D eigenvalue weighted by molar-refractivity contribution is -0.152. The SMILES string of the molecule is CCCCCCC1C2C(=O)C(=CC1[C@@H](O)C(=O)[C@H](O)CCC)[C@@H](C)CC1=C2C(=O)OC1=O. The zero-order valence-corrected chi connectivity index (χ0v) is 19.1. The maximum Gasteiger partial charge on any atom is 0.343 e. The summed E-state index contributed by atoms with van der Waals surface area (Å²) >= 11 is 0. The van der Waals surface area contributed by atoms with Crippen molar-refractivity contribution in [2.45, 2.75) is 84.3 Å². The molecule has 1 aliphatic heterocycles. The van der Waals surface area contributed by atoms with Gasteiger partial charge in [-0.2, -0.15) is 0 Å². The van der Waals surface area contributed by atoms with Crippen molar-refractivity contribution in [2.24, 2.45) is 23.7 Å². The van der Waals surface area contributed by atoms with E-state index in [-0.39, 0.29) is 35.7 Å². The van der Waals surface area contributed by atoms with Gasteiger partial charge in [-0.05, 0) is 36.7 Å². The third kappa shape index (κ3) is 4.50. The highest BCUT2D eigenvalue weighted by atomic mass is 16.6. The molecule has 0 aromatic carbocycles. The molecule has 2 N–H and O–H groups in total. The van der Waals surface area contributed by atoms with E-state index in [2.05, 4.69) is 6.92 Å². The Morgan fingerprint density at radius 3 is 2.47 bits per heavy atom. The number of hydrogen-bond acceptors (Lipinski definition) is 7. The quantitative estimate of drug-likeness (QED) is 0.301. The first-order valence-corrected chi connectivity index (χ1v) is 11.9. The van der Waals surface area contributed by atoms with Gasteiger partial charge in [-0.25, -0.2) is 9.59 Å². The van der Waals surface area contributed by atoms with Gasteiger partial charge in [0, 0.05) is 11.5 Å². The van der Waals surface area contributed by atoms with E-state index < -0.39 is 47.7 Å². The maximum atomic E-state index is 13.5. The van der Waals surface area contributed by atoms with Gasteiger partial charge >= 0.3 is 11.9 Å². The van der Waals surface area contributed by atoms with Gasteiger partial charge in [0.25, 0.3) is 0 Å². The van der Waals surface area contributed by atoms with Gasteiger partial charge in [0.15, 0.2) is 11.6 Å². The average Bonchev–Trinajstić information content (AvgIpc) is 2.99. The van der Waals surface area contributed by atoms with Crippen molar-refractivity contribution in [3.63, 3.8) is 0 Å². The number of cyclic esters (lactones) is 2. The molecule has 1 heterocycles. The van der Waals surface area contributed by atoms with E-state index in [1.165, 1.54) is 0 Å². The number of ether oxygens (including phenoxy) is 1. The summed E-state index contributed by atoms with van der Waals surface area (Å²) in [5.41, 5.74) is 0.793. The van der Waals surface area contributed by atoms with Crippen LogP contribution in [0.25, 0.3) is 0 Å². The Labute approximate surface area is 188 Å². The fraction of sp³-hybridized carbons (Fsp3) is 0.680. The summed E-state index contributed by atoms with van der Waals surface area (Å²) in [6, 6.07) is 0. The summed E-state index contributed by atoms with van der Waals surface area (Å²) in [5, 5.41) is 21.2. The van der Waals surface area contributed by atoms with Crippen LogP contribution in [0, 0.1) is 23.7 Å². The highest BCUT2D eigenvalue weighted by Crippen LogP contribution is 2.48. The van der Waals surface area contributed by atoms with Crippen LogP contribution in [0.2, 0.25) is 0 Å². The fourth-order valence-corrected chi connectivity index (χ4v) is 5.41. The van der Waals surface area contributed by atoms with E-state index >= 15 is 0 Å². The summed E-state index contributed by atoms with van der Waals surface area (Å²) in [6.07, 6.45) is 4.21. The zero-order chi connectivity index (χ0) is 23.6. The van der Waals surface area contributed by atoms with Gasteiger partial charge in [0.05, 0.1) is 11.5 Å². The lowest BCUT2D eigenvalue weighted by Crippen LogP contribution is -2.46. The summed E-state index contributed by atoms with van der Waals surface area (Å²) < 4.78 is 4.86. The zero-order valence-electron chi connectivity index (χ0n) is 19.1. The highest BCUT2D eigenvalue weighted by molar-refractivity contribution is 6.18. The Kier molecular flexibility index (Phi) is 7.83. The molecule has 0 radical (unpaired) electrons. The molecule has 7 heteroatoms. The second kappa shape index (κ2) is 10.2. The molecule has 7 nitrogen and oxygen atoms in total. The summed E-state index contributed by atoms with van der Waals surface area (Å²) in [4.78, 5) is 51.2. The van der Waals surface area contributed by atoms with Crippen molar-refractivity contribution in [1.82, 2.24) is 0 Å². The monoisotopic (exact) mass is 446 g/mol. The molecule has 0 aromatic heterocycles. The molecule has 3 aliphatic rings. The summed E-state index contributed by atoms with van der Waals surface area (Å²) in [5.74, 6) is -4.87. The van der Waals surface area contributed by atoms with Crippen molar-refractivity contribution in [3.8, 4) is 0 Å². The van der Waals surface area contributed by atoms with Crippen LogP contribution in [0.15, 0.2) is 22.8 Å². The van der Waals surface area contributed by atoms with Crippen molar-refractivity contribution < 1.29 is 34.1 Å². The van der Waals surface area contributed by atoms with E-state index in [9.17, 15) is 29.4 Å². The molecule has 3 rings (SSSR count). The van der Waals surface area contributed by atoms with Crippen LogP contribution in [0.5, 0.6) is 0 Å². The van der Waals surface area contributed by atoms with Crippen LogP contribution in [-0.4, -0.2) is 45.9 Å². The number of esters is 2. The molecule has 0 fully saturated rings. The predicted molar refractivity (Wildman–Crippen MR) is 116 cm³/mol. The highest BCUT2D eigenvalue weighted by Gasteiger charge is 2.53. The number of aliphatic hydroxyl groups excluding tert-OH is 2. The van der Waals surface area contributed by atoms with Crippen molar-refractivity contribution >= 4 is 23.5 Å². The van der Waals surface area contributed by atoms with Crippen molar-refractivity contribution in [1.29, 1.82) is 0 Å². The molecular formula is C25H34O7. The minimum absolute atomic E-state index is 0.106. The number of carbonyl (C=O) groups is 4. The van der Waals surface area contributed by atoms with Crippen molar-refractivity contribution in [3.05, 3.63) is 22.8 Å². The third-order valence-electron chi connectivity index (χ3n) is 7.13. The molecule has 32 heavy (non-hydrogen) atoms. The first-order valence-electron chi connectivity index (χ1n) is 11.9. The van der Waals surface area contributed by atoms with Gasteiger partial charge in [-0.1, -0.05) is 59.0 Å². The Bertz CT molecular complexity index is 852. The molecule has 0 aromatic rings. The molecule has 2 bridgehead atoms. The van der Waals surface area contributed by atoms with Crippen LogP contribution in [0.4, 0.5) is 0 Å². The molecule has 0 saturated carbocycles.